The standard InChI is InChI=1S/C13H14N2O/c1-3-8-16-12-6-4-11(5-7-12)13-9-15(2)10-14-13/h3-7,9-10H,1,8H2,2H3. The van der Waals surface area contributed by atoms with Crippen molar-refractivity contribution in [1.82, 2.24) is 9.55 Å². The Labute approximate surface area is 95.0 Å². The summed E-state index contributed by atoms with van der Waals surface area (Å²) in [6.07, 6.45) is 5.50. The van der Waals surface area contributed by atoms with Crippen LogP contribution in [-0.4, -0.2) is 16.2 Å². The van der Waals surface area contributed by atoms with Crippen molar-refractivity contribution in [2.24, 2.45) is 7.05 Å². The molecule has 2 rings (SSSR count). The molecule has 0 radical (unpaired) electrons. The normalized spacial score (nSPS) is 10.1. The second kappa shape index (κ2) is 4.66. The number of rotatable bonds is 4. The molecule has 1 heterocycles. The molecule has 3 nitrogen and oxygen atoms in total. The Kier molecular flexibility index (Phi) is 3.05. The number of aryl methyl sites for hydroxylation is 1. The third kappa shape index (κ3) is 2.31. The first-order chi connectivity index (χ1) is 7.79. The lowest BCUT2D eigenvalue weighted by atomic mass is 10.2. The largest absolute Gasteiger partial charge is 0.490 e. The predicted octanol–water partition coefficient (Wildman–Crippen LogP) is 2.65. The van der Waals surface area contributed by atoms with Crippen molar-refractivity contribution >= 4 is 0 Å². The molecule has 0 aliphatic carbocycles. The fourth-order valence-corrected chi connectivity index (χ4v) is 1.44. The second-order valence-corrected chi connectivity index (χ2v) is 3.55. The zero-order chi connectivity index (χ0) is 11.4. The van der Waals surface area contributed by atoms with Crippen LogP contribution in [0.25, 0.3) is 11.3 Å². The van der Waals surface area contributed by atoms with Crippen LogP contribution in [0.3, 0.4) is 0 Å². The van der Waals surface area contributed by atoms with Gasteiger partial charge in [0.25, 0.3) is 0 Å². The molecule has 3 heteroatoms. The average molecular weight is 214 g/mol. The molecule has 0 N–H and O–H groups in total. The topological polar surface area (TPSA) is 27.1 Å². The van der Waals surface area contributed by atoms with Gasteiger partial charge >= 0.3 is 0 Å². The van der Waals surface area contributed by atoms with Crippen LogP contribution in [0.4, 0.5) is 0 Å². The summed E-state index contributed by atoms with van der Waals surface area (Å²) >= 11 is 0. The molecule has 0 aliphatic rings. The fraction of sp³-hybridized carbons (Fsp3) is 0.154. The third-order valence-corrected chi connectivity index (χ3v) is 2.22. The summed E-state index contributed by atoms with van der Waals surface area (Å²) in [5, 5.41) is 0. The van der Waals surface area contributed by atoms with Crippen LogP contribution in [0.1, 0.15) is 0 Å². The van der Waals surface area contributed by atoms with E-state index in [4.69, 9.17) is 4.74 Å². The van der Waals surface area contributed by atoms with E-state index in [0.717, 1.165) is 17.0 Å². The minimum absolute atomic E-state index is 0.531. The SMILES string of the molecule is C=CCOc1ccc(-c2cn(C)cn2)cc1. The maximum absolute atomic E-state index is 5.41. The molecule has 0 saturated carbocycles. The summed E-state index contributed by atoms with van der Waals surface area (Å²) in [5.74, 6) is 0.847. The molecule has 0 fully saturated rings. The highest BCUT2D eigenvalue weighted by Gasteiger charge is 2.00. The summed E-state index contributed by atoms with van der Waals surface area (Å²) in [6.45, 7) is 4.14. The van der Waals surface area contributed by atoms with Crippen molar-refractivity contribution in [3.63, 3.8) is 0 Å². The van der Waals surface area contributed by atoms with Gasteiger partial charge in [0.2, 0.25) is 0 Å². The smallest absolute Gasteiger partial charge is 0.119 e. The monoisotopic (exact) mass is 214 g/mol. The highest BCUT2D eigenvalue weighted by Crippen LogP contribution is 2.20. The van der Waals surface area contributed by atoms with Crippen molar-refractivity contribution in [1.29, 1.82) is 0 Å². The van der Waals surface area contributed by atoms with Crippen molar-refractivity contribution in [3.8, 4) is 17.0 Å². The number of ether oxygens (including phenoxy) is 1. The van der Waals surface area contributed by atoms with Crippen LogP contribution < -0.4 is 4.74 Å². The van der Waals surface area contributed by atoms with E-state index in [1.165, 1.54) is 0 Å². The average Bonchev–Trinajstić information content (AvgIpc) is 2.74. The van der Waals surface area contributed by atoms with E-state index in [1.54, 1.807) is 12.4 Å². The number of imidazole rings is 1. The lowest BCUT2D eigenvalue weighted by Crippen LogP contribution is -1.92. The summed E-state index contributed by atoms with van der Waals surface area (Å²) in [7, 11) is 1.96. The van der Waals surface area contributed by atoms with E-state index in [0.29, 0.717) is 6.61 Å². The Bertz CT molecular complexity index is 471. The molecule has 82 valence electrons. The summed E-state index contributed by atoms with van der Waals surface area (Å²) in [4.78, 5) is 4.28. The lowest BCUT2D eigenvalue weighted by molar-refractivity contribution is 0.363. The van der Waals surface area contributed by atoms with E-state index in [1.807, 2.05) is 42.1 Å². The van der Waals surface area contributed by atoms with Gasteiger partial charge in [0, 0.05) is 18.8 Å². The Morgan fingerprint density at radius 3 is 2.69 bits per heavy atom. The van der Waals surface area contributed by atoms with Crippen LogP contribution in [0, 0.1) is 0 Å². The second-order valence-electron chi connectivity index (χ2n) is 3.55. The summed E-state index contributed by atoms with van der Waals surface area (Å²) in [6, 6.07) is 7.88. The number of aromatic nitrogens is 2. The molecule has 0 amide bonds. The number of benzene rings is 1. The van der Waals surface area contributed by atoms with Crippen LogP contribution in [-0.2, 0) is 7.05 Å². The van der Waals surface area contributed by atoms with Crippen LogP contribution in [0.15, 0.2) is 49.4 Å². The highest BCUT2D eigenvalue weighted by atomic mass is 16.5. The maximum atomic E-state index is 5.41. The number of nitrogens with zero attached hydrogens (tertiary/aromatic N) is 2. The van der Waals surface area contributed by atoms with Crippen molar-refractivity contribution < 1.29 is 4.74 Å². The Morgan fingerprint density at radius 2 is 2.12 bits per heavy atom. The fourth-order valence-electron chi connectivity index (χ4n) is 1.44. The van der Waals surface area contributed by atoms with Gasteiger partial charge in [-0.1, -0.05) is 12.7 Å². The van der Waals surface area contributed by atoms with Gasteiger partial charge in [0.1, 0.15) is 12.4 Å². The van der Waals surface area contributed by atoms with E-state index in [9.17, 15) is 0 Å². The molecule has 16 heavy (non-hydrogen) atoms. The predicted molar refractivity (Wildman–Crippen MR) is 64.3 cm³/mol. The summed E-state index contributed by atoms with van der Waals surface area (Å²) < 4.78 is 7.34. The lowest BCUT2D eigenvalue weighted by Gasteiger charge is -2.03. The van der Waals surface area contributed by atoms with Crippen molar-refractivity contribution in [2.45, 2.75) is 0 Å². The third-order valence-electron chi connectivity index (χ3n) is 2.22. The molecule has 1 aromatic heterocycles. The molecule has 0 spiro atoms. The van der Waals surface area contributed by atoms with Crippen LogP contribution >= 0.6 is 0 Å². The molecule has 0 saturated heterocycles. The van der Waals surface area contributed by atoms with E-state index in [-0.39, 0.29) is 0 Å². The molecule has 2 aromatic rings. The highest BCUT2D eigenvalue weighted by molar-refractivity contribution is 5.59. The first-order valence-electron chi connectivity index (χ1n) is 5.11. The molecule has 0 aliphatic heterocycles. The van der Waals surface area contributed by atoms with Gasteiger partial charge in [-0.2, -0.15) is 0 Å². The first-order valence-corrected chi connectivity index (χ1v) is 5.11. The van der Waals surface area contributed by atoms with E-state index in [2.05, 4.69) is 11.6 Å². The van der Waals surface area contributed by atoms with Gasteiger partial charge in [-0.05, 0) is 24.3 Å². The minimum atomic E-state index is 0.531. The van der Waals surface area contributed by atoms with Gasteiger partial charge in [-0.15, -0.1) is 0 Å². The van der Waals surface area contributed by atoms with E-state index >= 15 is 0 Å². The van der Waals surface area contributed by atoms with Crippen LogP contribution in [0.2, 0.25) is 0 Å². The Morgan fingerprint density at radius 1 is 1.38 bits per heavy atom. The summed E-state index contributed by atoms with van der Waals surface area (Å²) in [5.41, 5.74) is 2.06. The molecule has 0 atom stereocenters. The molecular formula is C13H14N2O. The van der Waals surface area contributed by atoms with Gasteiger partial charge < -0.3 is 9.30 Å². The number of hydrogen-bond donors (Lipinski definition) is 0. The van der Waals surface area contributed by atoms with Gasteiger partial charge in [0.05, 0.1) is 12.0 Å². The van der Waals surface area contributed by atoms with Crippen LogP contribution in [0.5, 0.6) is 5.75 Å². The zero-order valence-corrected chi connectivity index (χ0v) is 9.26. The maximum Gasteiger partial charge on any atom is 0.119 e. The van der Waals surface area contributed by atoms with Gasteiger partial charge in [0.15, 0.2) is 0 Å². The minimum Gasteiger partial charge on any atom is -0.490 e. The molecule has 0 bridgehead atoms. The quantitative estimate of drug-likeness (QED) is 0.731. The zero-order valence-electron chi connectivity index (χ0n) is 9.26. The molecule has 1 aromatic carbocycles. The van der Waals surface area contributed by atoms with E-state index < -0.39 is 0 Å². The molecule has 0 unspecified atom stereocenters. The first kappa shape index (κ1) is 10.5. The Balaban J connectivity index is 2.15. The van der Waals surface area contributed by atoms with Gasteiger partial charge in [-0.3, -0.25) is 0 Å². The van der Waals surface area contributed by atoms with Crippen molar-refractivity contribution in [3.05, 3.63) is 49.4 Å². The van der Waals surface area contributed by atoms with Crippen molar-refractivity contribution in [2.75, 3.05) is 6.61 Å². The number of hydrogen-bond acceptors (Lipinski definition) is 2. The van der Waals surface area contributed by atoms with Gasteiger partial charge in [-0.25, -0.2) is 4.98 Å². The molecular weight excluding hydrogens is 200 g/mol. The Hall–Kier alpha value is -2.03.